The highest BCUT2D eigenvalue weighted by molar-refractivity contribution is 7.89. The minimum atomic E-state index is -4.67. The molecule has 184 valence electrons. The average Bonchev–Trinajstić information content (AvgIpc) is 3.34. The summed E-state index contributed by atoms with van der Waals surface area (Å²) in [6.07, 6.45) is -0.740. The van der Waals surface area contributed by atoms with Crippen LogP contribution in [0.4, 0.5) is 17.6 Å². The molecule has 14 heteroatoms. The maximum Gasteiger partial charge on any atom is 0.451 e. The molecule has 1 N–H and O–H groups in total. The Balaban J connectivity index is 1.44. The second-order valence-electron chi connectivity index (χ2n) is 7.63. The van der Waals surface area contributed by atoms with Gasteiger partial charge in [-0.2, -0.15) is 17.5 Å². The van der Waals surface area contributed by atoms with Gasteiger partial charge in [0.2, 0.25) is 21.8 Å². The Morgan fingerprint density at radius 3 is 2.43 bits per heavy atom. The molecule has 35 heavy (non-hydrogen) atoms. The molecule has 1 amide bonds. The fourth-order valence-corrected chi connectivity index (χ4v) is 5.24. The number of hydrogen-bond donors (Lipinski definition) is 1. The molecule has 9 nitrogen and oxygen atoms in total. The number of carbonyl (C=O) groups is 1. The molecule has 1 aromatic carbocycles. The third kappa shape index (κ3) is 5.43. The van der Waals surface area contributed by atoms with Crippen LogP contribution in [0.25, 0.3) is 11.3 Å². The molecule has 1 fully saturated rings. The molecule has 0 unspecified atom stereocenters. The third-order valence-electron chi connectivity index (χ3n) is 5.30. The minimum Gasteiger partial charge on any atom is -0.349 e. The van der Waals surface area contributed by atoms with Crippen molar-refractivity contribution in [3.05, 3.63) is 66.4 Å². The van der Waals surface area contributed by atoms with Crippen molar-refractivity contribution in [1.82, 2.24) is 29.6 Å². The van der Waals surface area contributed by atoms with Crippen molar-refractivity contribution in [2.75, 3.05) is 6.54 Å². The average molecular weight is 510 g/mol. The van der Waals surface area contributed by atoms with Gasteiger partial charge in [-0.1, -0.05) is 0 Å². The number of benzene rings is 1. The highest BCUT2D eigenvalue weighted by atomic mass is 32.2. The Kier molecular flexibility index (Phi) is 6.76. The molecule has 1 aliphatic rings. The maximum absolute atomic E-state index is 13.2. The lowest BCUT2D eigenvalue weighted by Crippen LogP contribution is -2.45. The zero-order valence-corrected chi connectivity index (χ0v) is 18.7. The quantitative estimate of drug-likeness (QED) is 0.507. The van der Waals surface area contributed by atoms with E-state index in [0.717, 1.165) is 41.0 Å². The van der Waals surface area contributed by atoms with Crippen molar-refractivity contribution in [1.29, 1.82) is 0 Å². The maximum atomic E-state index is 13.2. The van der Waals surface area contributed by atoms with E-state index in [-0.39, 0.29) is 29.2 Å². The molecule has 3 aromatic rings. The first kappa shape index (κ1) is 24.6. The van der Waals surface area contributed by atoms with Crippen molar-refractivity contribution in [3.63, 3.8) is 0 Å². The number of hydrogen-bond acceptors (Lipinski definition) is 7. The summed E-state index contributed by atoms with van der Waals surface area (Å²) in [5.41, 5.74) is 0.814. The molecule has 1 atom stereocenters. The van der Waals surface area contributed by atoms with E-state index in [9.17, 15) is 30.8 Å². The first-order valence-corrected chi connectivity index (χ1v) is 11.8. The highest BCUT2D eigenvalue weighted by Crippen LogP contribution is 2.28. The number of rotatable bonds is 6. The SMILES string of the molecule is O=C(NCc1cc(-c2cnc(C(F)(F)F)nc2)ncn1)[C@@H]1CCCN1S(=O)(=O)c1ccc(F)cc1. The number of sulfonamides is 1. The van der Waals surface area contributed by atoms with Crippen LogP contribution < -0.4 is 5.32 Å². The number of nitrogens with one attached hydrogen (secondary N) is 1. The molecule has 0 aliphatic carbocycles. The van der Waals surface area contributed by atoms with E-state index in [1.807, 2.05) is 0 Å². The molecule has 1 aliphatic heterocycles. The molecule has 0 radical (unpaired) electrons. The molecule has 4 rings (SSSR count). The number of alkyl halides is 3. The number of aromatic nitrogens is 4. The van der Waals surface area contributed by atoms with Gasteiger partial charge < -0.3 is 5.32 Å². The Morgan fingerprint density at radius 1 is 1.09 bits per heavy atom. The van der Waals surface area contributed by atoms with Crippen LogP contribution in [-0.2, 0) is 27.5 Å². The van der Waals surface area contributed by atoms with Crippen LogP contribution in [-0.4, -0.2) is 51.2 Å². The van der Waals surface area contributed by atoms with Crippen molar-refractivity contribution >= 4 is 15.9 Å². The summed E-state index contributed by atoms with van der Waals surface area (Å²) >= 11 is 0. The summed E-state index contributed by atoms with van der Waals surface area (Å²) in [7, 11) is -4.00. The van der Waals surface area contributed by atoms with E-state index >= 15 is 0 Å². The van der Waals surface area contributed by atoms with E-state index in [2.05, 4.69) is 25.3 Å². The predicted octanol–water partition coefficient (Wildman–Crippen LogP) is 2.56. The molecular formula is C21H18F4N6O3S. The van der Waals surface area contributed by atoms with Crippen LogP contribution in [0.1, 0.15) is 24.4 Å². The van der Waals surface area contributed by atoms with Crippen LogP contribution in [0, 0.1) is 5.82 Å². The fourth-order valence-electron chi connectivity index (χ4n) is 3.59. The van der Waals surface area contributed by atoms with Gasteiger partial charge in [-0.3, -0.25) is 4.79 Å². The smallest absolute Gasteiger partial charge is 0.349 e. The van der Waals surface area contributed by atoms with E-state index in [1.54, 1.807) is 0 Å². The minimum absolute atomic E-state index is 0.0726. The van der Waals surface area contributed by atoms with Gasteiger partial charge in [-0.25, -0.2) is 32.7 Å². The molecule has 0 saturated carbocycles. The van der Waals surface area contributed by atoms with Crippen LogP contribution in [0.3, 0.4) is 0 Å². The second-order valence-corrected chi connectivity index (χ2v) is 9.52. The summed E-state index contributed by atoms with van der Waals surface area (Å²) in [6, 6.07) is 4.86. The summed E-state index contributed by atoms with van der Waals surface area (Å²) in [4.78, 5) is 27.3. The molecule has 0 bridgehead atoms. The van der Waals surface area contributed by atoms with Crippen LogP contribution in [0.15, 0.2) is 53.9 Å². The number of carbonyl (C=O) groups excluding carboxylic acids is 1. The first-order valence-electron chi connectivity index (χ1n) is 10.3. The lowest BCUT2D eigenvalue weighted by atomic mass is 10.2. The van der Waals surface area contributed by atoms with Crippen molar-refractivity contribution in [2.45, 2.75) is 36.5 Å². The standard InChI is InChI=1S/C21H18F4N6O3S/c22-14-3-5-16(6-4-14)35(33,34)31-7-1-2-18(31)19(32)26-11-15-8-17(30-12-29-15)13-9-27-20(28-10-13)21(23,24)25/h3-6,8-10,12,18H,1-2,7,11H2,(H,26,32)/t18-/m0/s1. The van der Waals surface area contributed by atoms with Gasteiger partial charge in [0.05, 0.1) is 22.8 Å². The van der Waals surface area contributed by atoms with Crippen molar-refractivity contribution < 1.29 is 30.8 Å². The molecule has 0 spiro atoms. The molecule has 1 saturated heterocycles. The van der Waals surface area contributed by atoms with Gasteiger partial charge in [0, 0.05) is 24.5 Å². The Labute approximate surface area is 197 Å². The van der Waals surface area contributed by atoms with Crippen molar-refractivity contribution in [3.8, 4) is 11.3 Å². The number of halogens is 4. The summed E-state index contributed by atoms with van der Waals surface area (Å²) in [5, 5.41) is 2.64. The van der Waals surface area contributed by atoms with Crippen molar-refractivity contribution in [2.24, 2.45) is 0 Å². The van der Waals surface area contributed by atoms with Gasteiger partial charge in [0.25, 0.3) is 0 Å². The van der Waals surface area contributed by atoms with Crippen LogP contribution in [0.5, 0.6) is 0 Å². The predicted molar refractivity (Wildman–Crippen MR) is 113 cm³/mol. The monoisotopic (exact) mass is 510 g/mol. The zero-order chi connectivity index (χ0) is 25.2. The highest BCUT2D eigenvalue weighted by Gasteiger charge is 2.39. The molecular weight excluding hydrogens is 492 g/mol. The number of nitrogens with zero attached hydrogens (tertiary/aromatic N) is 5. The molecule has 2 aromatic heterocycles. The molecule has 3 heterocycles. The Morgan fingerprint density at radius 2 is 1.77 bits per heavy atom. The Hall–Kier alpha value is -3.52. The Bertz CT molecular complexity index is 1320. The second kappa shape index (κ2) is 9.62. The normalized spacial score (nSPS) is 16.9. The summed E-state index contributed by atoms with van der Waals surface area (Å²) in [6.45, 7) is 0.0696. The van der Waals surface area contributed by atoms with Crippen LogP contribution in [0.2, 0.25) is 0 Å². The van der Waals surface area contributed by atoms with Gasteiger partial charge in [0.15, 0.2) is 0 Å². The lowest BCUT2D eigenvalue weighted by molar-refractivity contribution is -0.145. The topological polar surface area (TPSA) is 118 Å². The van der Waals surface area contributed by atoms with Gasteiger partial charge in [0.1, 0.15) is 18.2 Å². The van der Waals surface area contributed by atoms with Crippen LogP contribution >= 0.6 is 0 Å². The van der Waals surface area contributed by atoms with E-state index < -0.39 is 39.8 Å². The first-order chi connectivity index (χ1) is 16.6. The third-order valence-corrected chi connectivity index (χ3v) is 7.22. The van der Waals surface area contributed by atoms with E-state index in [4.69, 9.17) is 0 Å². The van der Waals surface area contributed by atoms with E-state index in [1.165, 1.54) is 12.4 Å². The number of amides is 1. The largest absolute Gasteiger partial charge is 0.451 e. The van der Waals surface area contributed by atoms with Gasteiger partial charge in [-0.15, -0.1) is 0 Å². The summed E-state index contributed by atoms with van der Waals surface area (Å²) < 4.78 is 78.1. The van der Waals surface area contributed by atoms with Gasteiger partial charge >= 0.3 is 6.18 Å². The van der Waals surface area contributed by atoms with E-state index in [0.29, 0.717) is 18.5 Å². The summed E-state index contributed by atoms with van der Waals surface area (Å²) in [5.74, 6) is -2.39. The fraction of sp³-hybridized carbons (Fsp3) is 0.286. The lowest BCUT2D eigenvalue weighted by Gasteiger charge is -2.23. The van der Waals surface area contributed by atoms with Gasteiger partial charge in [-0.05, 0) is 43.2 Å². The zero-order valence-electron chi connectivity index (χ0n) is 17.9.